The summed E-state index contributed by atoms with van der Waals surface area (Å²) < 4.78 is 13.7. The Morgan fingerprint density at radius 2 is 2.11 bits per heavy atom. The first-order valence-corrected chi connectivity index (χ1v) is 6.67. The molecule has 0 spiro atoms. The molecule has 1 N–H and O–H groups in total. The molecule has 0 aliphatic heterocycles. The van der Waals surface area contributed by atoms with E-state index in [-0.39, 0.29) is 17.7 Å². The fourth-order valence-electron chi connectivity index (χ4n) is 1.74. The molecule has 18 heavy (non-hydrogen) atoms. The molecule has 1 atom stereocenters. The molecule has 2 heterocycles. The third-order valence-electron chi connectivity index (χ3n) is 2.65. The maximum Gasteiger partial charge on any atom is 0.186 e. The first kappa shape index (κ1) is 13.0. The van der Waals surface area contributed by atoms with Crippen LogP contribution >= 0.6 is 11.3 Å². The Balaban J connectivity index is 2.03. The SMILES string of the molecule is Cc1ccc(CC(C)Nc2ncnc(C)c2F)s1. The molecule has 2 aromatic rings. The quantitative estimate of drug-likeness (QED) is 0.921. The monoisotopic (exact) mass is 265 g/mol. The smallest absolute Gasteiger partial charge is 0.186 e. The molecule has 0 aliphatic rings. The molecule has 0 fully saturated rings. The molecule has 0 bridgehead atoms. The molecular weight excluding hydrogens is 249 g/mol. The fraction of sp³-hybridized carbons (Fsp3) is 0.385. The zero-order chi connectivity index (χ0) is 13.1. The van der Waals surface area contributed by atoms with Gasteiger partial charge in [-0.3, -0.25) is 0 Å². The molecule has 0 aliphatic carbocycles. The van der Waals surface area contributed by atoms with Crippen molar-refractivity contribution in [3.05, 3.63) is 39.7 Å². The van der Waals surface area contributed by atoms with Gasteiger partial charge in [0.15, 0.2) is 11.6 Å². The third-order valence-corrected chi connectivity index (χ3v) is 3.67. The molecule has 1 unspecified atom stereocenters. The first-order chi connectivity index (χ1) is 8.56. The van der Waals surface area contributed by atoms with Crippen molar-refractivity contribution in [3.8, 4) is 0 Å². The van der Waals surface area contributed by atoms with Crippen LogP contribution < -0.4 is 5.32 Å². The van der Waals surface area contributed by atoms with E-state index in [0.717, 1.165) is 6.42 Å². The highest BCUT2D eigenvalue weighted by molar-refractivity contribution is 7.11. The predicted octanol–water partition coefficient (Wildman–Crippen LogP) is 3.34. The molecular formula is C13H16FN3S. The van der Waals surface area contributed by atoms with Crippen LogP contribution in [0.5, 0.6) is 0 Å². The molecule has 0 saturated carbocycles. The number of anilines is 1. The lowest BCUT2D eigenvalue weighted by Gasteiger charge is -2.14. The Kier molecular flexibility index (Phi) is 3.91. The number of aryl methyl sites for hydroxylation is 2. The lowest BCUT2D eigenvalue weighted by molar-refractivity contribution is 0.600. The first-order valence-electron chi connectivity index (χ1n) is 5.85. The highest BCUT2D eigenvalue weighted by Crippen LogP contribution is 2.19. The minimum absolute atomic E-state index is 0.131. The van der Waals surface area contributed by atoms with Crippen molar-refractivity contribution >= 4 is 17.2 Å². The van der Waals surface area contributed by atoms with Gasteiger partial charge in [-0.2, -0.15) is 0 Å². The summed E-state index contributed by atoms with van der Waals surface area (Å²) in [7, 11) is 0. The summed E-state index contributed by atoms with van der Waals surface area (Å²) in [6.45, 7) is 5.74. The van der Waals surface area contributed by atoms with Crippen LogP contribution in [0.15, 0.2) is 18.5 Å². The summed E-state index contributed by atoms with van der Waals surface area (Å²) in [6.07, 6.45) is 2.24. The molecule has 0 radical (unpaired) electrons. The fourth-order valence-corrected chi connectivity index (χ4v) is 2.76. The number of nitrogens with zero attached hydrogens (tertiary/aromatic N) is 2. The summed E-state index contributed by atoms with van der Waals surface area (Å²) in [5, 5.41) is 3.09. The zero-order valence-corrected chi connectivity index (χ0v) is 11.5. The second-order valence-electron chi connectivity index (χ2n) is 4.38. The van der Waals surface area contributed by atoms with Crippen molar-refractivity contribution in [2.75, 3.05) is 5.32 Å². The van der Waals surface area contributed by atoms with Crippen LogP contribution in [0.2, 0.25) is 0 Å². The van der Waals surface area contributed by atoms with E-state index in [4.69, 9.17) is 0 Å². The Labute approximate surface area is 110 Å². The third kappa shape index (κ3) is 3.04. The molecule has 2 aromatic heterocycles. The van der Waals surface area contributed by atoms with Crippen LogP contribution in [0.4, 0.5) is 10.2 Å². The van der Waals surface area contributed by atoms with Gasteiger partial charge >= 0.3 is 0 Å². The van der Waals surface area contributed by atoms with E-state index in [1.165, 1.54) is 16.1 Å². The van der Waals surface area contributed by atoms with Crippen LogP contribution in [0.1, 0.15) is 22.4 Å². The summed E-state index contributed by atoms with van der Waals surface area (Å²) in [5.74, 6) is -0.0880. The second-order valence-corrected chi connectivity index (χ2v) is 5.76. The van der Waals surface area contributed by atoms with Gasteiger partial charge in [0, 0.05) is 22.2 Å². The number of hydrogen-bond acceptors (Lipinski definition) is 4. The van der Waals surface area contributed by atoms with Crippen LogP contribution in [0.3, 0.4) is 0 Å². The van der Waals surface area contributed by atoms with Gasteiger partial charge in [0.2, 0.25) is 0 Å². The molecule has 3 nitrogen and oxygen atoms in total. The lowest BCUT2D eigenvalue weighted by atomic mass is 10.2. The summed E-state index contributed by atoms with van der Waals surface area (Å²) in [4.78, 5) is 10.3. The molecule has 0 saturated heterocycles. The number of hydrogen-bond donors (Lipinski definition) is 1. The van der Waals surface area contributed by atoms with Gasteiger partial charge in [-0.05, 0) is 32.9 Å². The number of aromatic nitrogens is 2. The van der Waals surface area contributed by atoms with Crippen LogP contribution in [-0.2, 0) is 6.42 Å². The van der Waals surface area contributed by atoms with Gasteiger partial charge in [-0.15, -0.1) is 11.3 Å². The van der Waals surface area contributed by atoms with Crippen molar-refractivity contribution in [3.63, 3.8) is 0 Å². The standard InChI is InChI=1S/C13H16FN3S/c1-8(6-11-5-4-9(2)18-11)17-13-12(14)10(3)15-7-16-13/h4-5,7-8H,6H2,1-3H3,(H,15,16,17). The molecule has 5 heteroatoms. The van der Waals surface area contributed by atoms with E-state index in [1.807, 2.05) is 6.92 Å². The molecule has 0 amide bonds. The van der Waals surface area contributed by atoms with Crippen molar-refractivity contribution in [1.29, 1.82) is 0 Å². The zero-order valence-electron chi connectivity index (χ0n) is 10.7. The summed E-state index contributed by atoms with van der Waals surface area (Å²) >= 11 is 1.77. The van der Waals surface area contributed by atoms with Crippen LogP contribution in [-0.4, -0.2) is 16.0 Å². The van der Waals surface area contributed by atoms with Gasteiger partial charge in [0.05, 0.1) is 5.69 Å². The van der Waals surface area contributed by atoms with E-state index in [1.54, 1.807) is 18.3 Å². The summed E-state index contributed by atoms with van der Waals surface area (Å²) in [6, 6.07) is 4.34. The minimum Gasteiger partial charge on any atom is -0.365 e. The van der Waals surface area contributed by atoms with Gasteiger partial charge in [-0.1, -0.05) is 0 Å². The average Bonchev–Trinajstić information content (AvgIpc) is 2.70. The highest BCUT2D eigenvalue weighted by atomic mass is 32.1. The Morgan fingerprint density at radius 1 is 1.33 bits per heavy atom. The number of nitrogens with one attached hydrogen (secondary N) is 1. The maximum atomic E-state index is 13.7. The average molecular weight is 265 g/mol. The Bertz CT molecular complexity index is 539. The van der Waals surface area contributed by atoms with E-state index in [2.05, 4.69) is 34.3 Å². The largest absolute Gasteiger partial charge is 0.365 e. The van der Waals surface area contributed by atoms with Crippen molar-refractivity contribution in [1.82, 2.24) is 9.97 Å². The Hall–Kier alpha value is -1.49. The lowest BCUT2D eigenvalue weighted by Crippen LogP contribution is -2.19. The normalized spacial score (nSPS) is 12.4. The number of rotatable bonds is 4. The number of thiophene rings is 1. The highest BCUT2D eigenvalue weighted by Gasteiger charge is 2.11. The van der Waals surface area contributed by atoms with Gasteiger partial charge in [-0.25, -0.2) is 14.4 Å². The van der Waals surface area contributed by atoms with Gasteiger partial charge in [0.25, 0.3) is 0 Å². The molecule has 0 aromatic carbocycles. The number of halogens is 1. The summed E-state index contributed by atoms with van der Waals surface area (Å²) in [5.41, 5.74) is 0.367. The molecule has 96 valence electrons. The maximum absolute atomic E-state index is 13.7. The molecule has 2 rings (SSSR count). The predicted molar refractivity (Wildman–Crippen MR) is 72.6 cm³/mol. The topological polar surface area (TPSA) is 37.8 Å². The van der Waals surface area contributed by atoms with E-state index in [9.17, 15) is 4.39 Å². The van der Waals surface area contributed by atoms with Crippen molar-refractivity contribution in [2.45, 2.75) is 33.2 Å². The van der Waals surface area contributed by atoms with Gasteiger partial charge in [0.1, 0.15) is 6.33 Å². The van der Waals surface area contributed by atoms with Crippen molar-refractivity contribution in [2.24, 2.45) is 0 Å². The van der Waals surface area contributed by atoms with Gasteiger partial charge < -0.3 is 5.32 Å². The van der Waals surface area contributed by atoms with Crippen LogP contribution in [0, 0.1) is 19.7 Å². The minimum atomic E-state index is -0.369. The van der Waals surface area contributed by atoms with E-state index < -0.39 is 0 Å². The second kappa shape index (κ2) is 5.44. The van der Waals surface area contributed by atoms with E-state index in [0.29, 0.717) is 5.69 Å². The van der Waals surface area contributed by atoms with Crippen molar-refractivity contribution < 1.29 is 4.39 Å². The van der Waals surface area contributed by atoms with Crippen LogP contribution in [0.25, 0.3) is 0 Å². The van der Waals surface area contributed by atoms with E-state index >= 15 is 0 Å². The Morgan fingerprint density at radius 3 is 2.78 bits per heavy atom.